The summed E-state index contributed by atoms with van der Waals surface area (Å²) in [5.41, 5.74) is 0. The summed E-state index contributed by atoms with van der Waals surface area (Å²) in [7, 11) is 0. The van der Waals surface area contributed by atoms with Crippen LogP contribution in [0.25, 0.3) is 0 Å². The number of ether oxygens (including phenoxy) is 1. The Morgan fingerprint density at radius 1 is 1.18 bits per heavy atom. The van der Waals surface area contributed by atoms with Crippen molar-refractivity contribution in [2.24, 2.45) is 0 Å². The quantitative estimate of drug-likeness (QED) is 0.646. The molecule has 0 atom stereocenters. The van der Waals surface area contributed by atoms with Crippen molar-refractivity contribution in [2.75, 3.05) is 6.54 Å². The second-order valence-corrected chi connectivity index (χ2v) is 2.97. The maximum Gasteiger partial charge on any atom is 0.471 e. The molecule has 17 heavy (non-hydrogen) atoms. The lowest BCUT2D eigenvalue weighted by atomic mass is 10.3. The van der Waals surface area contributed by atoms with Crippen molar-refractivity contribution < 1.29 is 27.5 Å². The van der Waals surface area contributed by atoms with Crippen molar-refractivity contribution >= 4 is 11.9 Å². The Labute approximate surface area is 94.4 Å². The van der Waals surface area contributed by atoms with E-state index in [9.17, 15) is 22.8 Å². The van der Waals surface area contributed by atoms with Crippen LogP contribution in [0.3, 0.4) is 0 Å². The summed E-state index contributed by atoms with van der Waals surface area (Å²) in [6.07, 6.45) is -5.01. The Bertz CT molecular complexity index is 403. The van der Waals surface area contributed by atoms with Gasteiger partial charge in [0.2, 0.25) is 0 Å². The first-order chi connectivity index (χ1) is 7.89. The van der Waals surface area contributed by atoms with Crippen LogP contribution in [0.4, 0.5) is 13.2 Å². The number of hydrogen-bond acceptors (Lipinski definition) is 3. The molecule has 0 saturated heterocycles. The van der Waals surface area contributed by atoms with E-state index < -0.39 is 24.6 Å². The topological polar surface area (TPSA) is 55.4 Å². The Hall–Kier alpha value is -2.05. The lowest BCUT2D eigenvalue weighted by Gasteiger charge is -2.07. The van der Waals surface area contributed by atoms with Gasteiger partial charge in [0.05, 0.1) is 0 Å². The van der Waals surface area contributed by atoms with E-state index in [4.69, 9.17) is 0 Å². The third-order valence-corrected chi connectivity index (χ3v) is 1.63. The van der Waals surface area contributed by atoms with E-state index >= 15 is 0 Å². The van der Waals surface area contributed by atoms with Gasteiger partial charge in [0.15, 0.2) is 0 Å². The molecule has 0 unspecified atom stereocenters. The predicted octanol–water partition coefficient (Wildman–Crippen LogP) is 1.27. The third kappa shape index (κ3) is 4.54. The highest BCUT2D eigenvalue weighted by molar-refractivity contribution is 5.86. The van der Waals surface area contributed by atoms with Crippen LogP contribution < -0.4 is 10.1 Å². The minimum atomic E-state index is -5.01. The van der Waals surface area contributed by atoms with Crippen LogP contribution in [0.1, 0.15) is 0 Å². The number of esters is 1. The van der Waals surface area contributed by atoms with Crippen molar-refractivity contribution in [3.8, 4) is 5.75 Å². The van der Waals surface area contributed by atoms with Crippen LogP contribution in [-0.4, -0.2) is 24.6 Å². The zero-order chi connectivity index (χ0) is 12.9. The summed E-state index contributed by atoms with van der Waals surface area (Å²) in [4.78, 5) is 21.4. The summed E-state index contributed by atoms with van der Waals surface area (Å²) in [6, 6.07) is 7.80. The van der Waals surface area contributed by atoms with E-state index in [0.29, 0.717) is 0 Å². The number of halogens is 3. The molecule has 4 nitrogen and oxygen atoms in total. The van der Waals surface area contributed by atoms with Gasteiger partial charge >= 0.3 is 18.1 Å². The lowest BCUT2D eigenvalue weighted by Crippen LogP contribution is -2.40. The van der Waals surface area contributed by atoms with Gasteiger partial charge in [-0.3, -0.25) is 4.79 Å². The van der Waals surface area contributed by atoms with Gasteiger partial charge in [0, 0.05) is 0 Å². The summed E-state index contributed by atoms with van der Waals surface area (Å²) in [5, 5.41) is 1.40. The Morgan fingerprint density at radius 2 is 1.76 bits per heavy atom. The maximum absolute atomic E-state index is 11.8. The number of benzene rings is 1. The standard InChI is InChI=1S/C10H8F3NO3/c11-10(12,13)9(16)14-6-8(15)17-7-4-2-1-3-5-7/h1-5H,6H2,(H,14,16). The number of para-hydroxylation sites is 1. The first-order valence-electron chi connectivity index (χ1n) is 4.50. The zero-order valence-corrected chi connectivity index (χ0v) is 8.45. The summed E-state index contributed by atoms with van der Waals surface area (Å²) in [6.45, 7) is -0.840. The number of rotatable bonds is 3. The van der Waals surface area contributed by atoms with Gasteiger partial charge < -0.3 is 10.1 Å². The molecule has 1 amide bonds. The molecule has 0 aliphatic heterocycles. The van der Waals surface area contributed by atoms with Gasteiger partial charge in [0.1, 0.15) is 12.3 Å². The fraction of sp³-hybridized carbons (Fsp3) is 0.200. The normalized spacial score (nSPS) is 10.8. The predicted molar refractivity (Wildman–Crippen MR) is 51.1 cm³/mol. The first kappa shape index (κ1) is 13.0. The largest absolute Gasteiger partial charge is 0.471 e. The fourth-order valence-corrected chi connectivity index (χ4v) is 0.909. The average Bonchev–Trinajstić information content (AvgIpc) is 2.26. The summed E-state index contributed by atoms with van der Waals surface area (Å²) >= 11 is 0. The number of alkyl halides is 3. The lowest BCUT2D eigenvalue weighted by molar-refractivity contribution is -0.174. The minimum absolute atomic E-state index is 0.193. The fourth-order valence-electron chi connectivity index (χ4n) is 0.909. The molecule has 0 saturated carbocycles. The van der Waals surface area contributed by atoms with Crippen LogP contribution in [-0.2, 0) is 9.59 Å². The molecule has 1 aromatic rings. The molecule has 1 N–H and O–H groups in total. The number of nitrogens with one attached hydrogen (secondary N) is 1. The summed E-state index contributed by atoms with van der Waals surface area (Å²) in [5.74, 6) is -2.96. The van der Waals surface area contributed by atoms with Gasteiger partial charge in [-0.2, -0.15) is 13.2 Å². The number of hydrogen-bond donors (Lipinski definition) is 1. The van der Waals surface area contributed by atoms with Crippen LogP contribution in [0.5, 0.6) is 5.75 Å². The highest BCUT2D eigenvalue weighted by Crippen LogP contribution is 2.14. The van der Waals surface area contributed by atoms with E-state index in [1.54, 1.807) is 18.2 Å². The second kappa shape index (κ2) is 5.33. The average molecular weight is 247 g/mol. The smallest absolute Gasteiger partial charge is 0.425 e. The Morgan fingerprint density at radius 3 is 2.29 bits per heavy atom. The van der Waals surface area contributed by atoms with Crippen LogP contribution in [0, 0.1) is 0 Å². The Balaban J connectivity index is 2.39. The van der Waals surface area contributed by atoms with Gasteiger partial charge in [-0.25, -0.2) is 4.79 Å². The SMILES string of the molecule is O=C(CNC(=O)C(F)(F)F)Oc1ccccc1. The van der Waals surface area contributed by atoms with Crippen molar-refractivity contribution in [3.05, 3.63) is 30.3 Å². The van der Waals surface area contributed by atoms with E-state index in [2.05, 4.69) is 4.74 Å². The molecular weight excluding hydrogens is 239 g/mol. The van der Waals surface area contributed by atoms with E-state index in [-0.39, 0.29) is 5.75 Å². The van der Waals surface area contributed by atoms with E-state index in [0.717, 1.165) is 0 Å². The molecule has 1 rings (SSSR count). The van der Waals surface area contributed by atoms with Gasteiger partial charge in [-0.05, 0) is 12.1 Å². The molecule has 0 bridgehead atoms. The molecule has 0 aromatic heterocycles. The molecule has 0 radical (unpaired) electrons. The molecule has 0 fully saturated rings. The highest BCUT2D eigenvalue weighted by Gasteiger charge is 2.38. The van der Waals surface area contributed by atoms with Crippen LogP contribution in [0.15, 0.2) is 30.3 Å². The van der Waals surface area contributed by atoms with Crippen LogP contribution in [0.2, 0.25) is 0 Å². The Kier molecular flexibility index (Phi) is 4.08. The van der Waals surface area contributed by atoms with Crippen molar-refractivity contribution in [1.29, 1.82) is 0 Å². The molecule has 1 aromatic carbocycles. The third-order valence-electron chi connectivity index (χ3n) is 1.63. The monoisotopic (exact) mass is 247 g/mol. The maximum atomic E-state index is 11.8. The molecule has 0 aliphatic rings. The number of carbonyl (C=O) groups excluding carboxylic acids is 2. The molecule has 0 aliphatic carbocycles. The minimum Gasteiger partial charge on any atom is -0.425 e. The van der Waals surface area contributed by atoms with Crippen molar-refractivity contribution in [1.82, 2.24) is 5.32 Å². The van der Waals surface area contributed by atoms with Gasteiger partial charge in [0.25, 0.3) is 0 Å². The second-order valence-electron chi connectivity index (χ2n) is 2.97. The zero-order valence-electron chi connectivity index (χ0n) is 8.45. The van der Waals surface area contributed by atoms with Gasteiger partial charge in [-0.15, -0.1) is 0 Å². The molecular formula is C10H8F3NO3. The number of carbonyl (C=O) groups is 2. The van der Waals surface area contributed by atoms with Crippen molar-refractivity contribution in [2.45, 2.75) is 6.18 Å². The highest BCUT2D eigenvalue weighted by atomic mass is 19.4. The molecule has 92 valence electrons. The van der Waals surface area contributed by atoms with E-state index in [1.165, 1.54) is 17.4 Å². The van der Waals surface area contributed by atoms with Crippen LogP contribution >= 0.6 is 0 Å². The number of amides is 1. The van der Waals surface area contributed by atoms with Gasteiger partial charge in [-0.1, -0.05) is 18.2 Å². The molecule has 0 heterocycles. The molecule has 7 heteroatoms. The molecule has 0 spiro atoms. The van der Waals surface area contributed by atoms with E-state index in [1.807, 2.05) is 0 Å². The summed E-state index contributed by atoms with van der Waals surface area (Å²) < 4.78 is 39.9. The van der Waals surface area contributed by atoms with Crippen molar-refractivity contribution in [3.63, 3.8) is 0 Å². The first-order valence-corrected chi connectivity index (χ1v) is 4.50.